The molecule has 6 heteroatoms. The van der Waals surface area contributed by atoms with Crippen molar-refractivity contribution in [3.63, 3.8) is 0 Å². The molecule has 4 nitrogen and oxygen atoms in total. The first-order chi connectivity index (χ1) is 8.52. The molecule has 2 aromatic heterocycles. The summed E-state index contributed by atoms with van der Waals surface area (Å²) >= 11 is 3.08. The van der Waals surface area contributed by atoms with E-state index in [2.05, 4.69) is 23.8 Å². The van der Waals surface area contributed by atoms with Gasteiger partial charge in [-0.05, 0) is 25.8 Å². The summed E-state index contributed by atoms with van der Waals surface area (Å²) in [5.41, 5.74) is 6.48. The van der Waals surface area contributed by atoms with E-state index in [4.69, 9.17) is 5.73 Å². The molecule has 0 atom stereocenters. The minimum absolute atomic E-state index is 0.254. The Morgan fingerprint density at radius 2 is 2.11 bits per heavy atom. The van der Waals surface area contributed by atoms with E-state index in [1.54, 1.807) is 11.3 Å². The van der Waals surface area contributed by atoms with Gasteiger partial charge in [0, 0.05) is 10.3 Å². The Bertz CT molecular complexity index is 607. The van der Waals surface area contributed by atoms with Crippen molar-refractivity contribution >= 4 is 39.2 Å². The van der Waals surface area contributed by atoms with Crippen LogP contribution in [-0.2, 0) is 11.2 Å². The second-order valence-electron chi connectivity index (χ2n) is 4.00. The number of aryl methyl sites for hydroxylation is 3. The molecule has 0 aliphatic carbocycles. The lowest BCUT2D eigenvalue weighted by atomic mass is 10.1. The summed E-state index contributed by atoms with van der Waals surface area (Å²) in [6.45, 7) is 6.09. The number of carbonyl (C=O) groups is 1. The second-order valence-corrected chi connectivity index (χ2v) is 6.17. The minimum Gasteiger partial charge on any atom is -0.369 e. The minimum atomic E-state index is -0.325. The van der Waals surface area contributed by atoms with Crippen molar-refractivity contribution in [2.24, 2.45) is 5.73 Å². The lowest BCUT2D eigenvalue weighted by molar-refractivity contribution is -0.115. The average molecular weight is 281 g/mol. The number of hydrogen-bond acceptors (Lipinski definition) is 5. The van der Waals surface area contributed by atoms with E-state index in [0.29, 0.717) is 0 Å². The van der Waals surface area contributed by atoms with Gasteiger partial charge in [0.2, 0.25) is 5.91 Å². The molecule has 2 aromatic rings. The van der Waals surface area contributed by atoms with Crippen LogP contribution in [0.5, 0.6) is 0 Å². The predicted octanol–water partition coefficient (Wildman–Crippen LogP) is 2.45. The summed E-state index contributed by atoms with van der Waals surface area (Å²) in [6, 6.07) is 0. The summed E-state index contributed by atoms with van der Waals surface area (Å²) in [5, 5.41) is 1.97. The van der Waals surface area contributed by atoms with Crippen molar-refractivity contribution in [3.8, 4) is 0 Å². The highest BCUT2D eigenvalue weighted by Crippen LogP contribution is 2.35. The molecule has 0 aliphatic rings. The Morgan fingerprint density at radius 3 is 2.72 bits per heavy atom. The highest BCUT2D eigenvalue weighted by molar-refractivity contribution is 8.00. The van der Waals surface area contributed by atoms with E-state index >= 15 is 0 Å². The van der Waals surface area contributed by atoms with Crippen molar-refractivity contribution < 1.29 is 4.79 Å². The molecule has 0 radical (unpaired) electrons. The number of primary amides is 1. The maximum Gasteiger partial charge on any atom is 0.227 e. The fourth-order valence-corrected chi connectivity index (χ4v) is 3.97. The molecule has 0 fully saturated rings. The van der Waals surface area contributed by atoms with Crippen molar-refractivity contribution in [2.75, 3.05) is 5.75 Å². The van der Waals surface area contributed by atoms with Crippen LogP contribution in [0.25, 0.3) is 10.2 Å². The zero-order valence-corrected chi connectivity index (χ0v) is 12.2. The van der Waals surface area contributed by atoms with Crippen LogP contribution >= 0.6 is 23.1 Å². The summed E-state index contributed by atoms with van der Waals surface area (Å²) in [5.74, 6) is 0.664. The number of rotatable bonds is 4. The topological polar surface area (TPSA) is 68.9 Å². The molecule has 0 saturated carbocycles. The van der Waals surface area contributed by atoms with Crippen molar-refractivity contribution in [1.82, 2.24) is 9.97 Å². The molecule has 0 unspecified atom stereocenters. The SMILES string of the molecule is CCc1c(C)sc2nc(C)nc(SCC(N)=O)c12. The van der Waals surface area contributed by atoms with Gasteiger partial charge in [-0.25, -0.2) is 9.97 Å². The lowest BCUT2D eigenvalue weighted by Gasteiger charge is -2.04. The van der Waals surface area contributed by atoms with Gasteiger partial charge in [-0.3, -0.25) is 4.79 Å². The molecule has 1 amide bonds. The third-order valence-corrected chi connectivity index (χ3v) is 4.67. The number of hydrogen-bond donors (Lipinski definition) is 1. The first-order valence-corrected chi connectivity index (χ1v) is 7.50. The van der Waals surface area contributed by atoms with E-state index in [0.717, 1.165) is 27.5 Å². The van der Waals surface area contributed by atoms with Crippen molar-refractivity contribution in [1.29, 1.82) is 0 Å². The van der Waals surface area contributed by atoms with Gasteiger partial charge in [-0.2, -0.15) is 0 Å². The monoisotopic (exact) mass is 281 g/mol. The normalized spacial score (nSPS) is 11.1. The van der Waals surface area contributed by atoms with Crippen LogP contribution in [-0.4, -0.2) is 21.6 Å². The molecular weight excluding hydrogens is 266 g/mol. The van der Waals surface area contributed by atoms with E-state index in [1.807, 2.05) is 6.92 Å². The van der Waals surface area contributed by atoms with Gasteiger partial charge in [0.25, 0.3) is 0 Å². The standard InChI is InChI=1S/C12H15N3OS2/c1-4-8-6(2)18-12-10(8)11(14-7(3)15-12)17-5-9(13)16/h4-5H2,1-3H3,(H2,13,16). The van der Waals surface area contributed by atoms with Crippen LogP contribution < -0.4 is 5.73 Å². The maximum absolute atomic E-state index is 10.9. The number of carbonyl (C=O) groups excluding carboxylic acids is 1. The van der Waals surface area contributed by atoms with Crippen molar-refractivity contribution in [3.05, 3.63) is 16.3 Å². The van der Waals surface area contributed by atoms with Crippen LogP contribution in [0.1, 0.15) is 23.2 Å². The molecule has 0 aromatic carbocycles. The van der Waals surface area contributed by atoms with E-state index < -0.39 is 0 Å². The highest BCUT2D eigenvalue weighted by atomic mass is 32.2. The first-order valence-electron chi connectivity index (χ1n) is 5.70. The first kappa shape index (κ1) is 13.3. The van der Waals surface area contributed by atoms with Crippen LogP contribution in [0.4, 0.5) is 0 Å². The zero-order valence-electron chi connectivity index (χ0n) is 10.6. The van der Waals surface area contributed by atoms with Crippen LogP contribution in [0.15, 0.2) is 5.03 Å². The summed E-state index contributed by atoms with van der Waals surface area (Å²) in [6.07, 6.45) is 0.947. The summed E-state index contributed by atoms with van der Waals surface area (Å²) in [7, 11) is 0. The fourth-order valence-electron chi connectivity index (χ4n) is 1.91. The number of nitrogens with zero attached hydrogens (tertiary/aromatic N) is 2. The van der Waals surface area contributed by atoms with E-state index in [-0.39, 0.29) is 11.7 Å². The van der Waals surface area contributed by atoms with Gasteiger partial charge in [-0.15, -0.1) is 11.3 Å². The molecule has 0 saturated heterocycles. The Kier molecular flexibility index (Phi) is 3.87. The number of aromatic nitrogens is 2. The van der Waals surface area contributed by atoms with Crippen LogP contribution in [0, 0.1) is 13.8 Å². The number of amides is 1. The van der Waals surface area contributed by atoms with Gasteiger partial charge in [0.05, 0.1) is 5.75 Å². The zero-order chi connectivity index (χ0) is 13.3. The Balaban J connectivity index is 2.58. The Morgan fingerprint density at radius 1 is 1.39 bits per heavy atom. The summed E-state index contributed by atoms with van der Waals surface area (Å²) in [4.78, 5) is 22.1. The molecule has 2 rings (SSSR count). The van der Waals surface area contributed by atoms with Crippen molar-refractivity contribution in [2.45, 2.75) is 32.2 Å². The summed E-state index contributed by atoms with van der Waals surface area (Å²) < 4.78 is 0. The molecule has 2 heterocycles. The third kappa shape index (κ3) is 2.49. The number of fused-ring (bicyclic) bond motifs is 1. The quantitative estimate of drug-likeness (QED) is 0.690. The molecule has 96 valence electrons. The Labute approximate surface area is 114 Å². The Hall–Kier alpha value is -1.14. The highest BCUT2D eigenvalue weighted by Gasteiger charge is 2.15. The second kappa shape index (κ2) is 5.24. The van der Waals surface area contributed by atoms with E-state index in [1.165, 1.54) is 22.2 Å². The van der Waals surface area contributed by atoms with Gasteiger partial charge in [-0.1, -0.05) is 18.7 Å². The molecule has 0 spiro atoms. The van der Waals surface area contributed by atoms with Gasteiger partial charge < -0.3 is 5.73 Å². The lowest BCUT2D eigenvalue weighted by Crippen LogP contribution is -2.13. The molecular formula is C12H15N3OS2. The molecule has 18 heavy (non-hydrogen) atoms. The molecule has 2 N–H and O–H groups in total. The van der Waals surface area contributed by atoms with Gasteiger partial charge in [0.15, 0.2) is 0 Å². The smallest absolute Gasteiger partial charge is 0.227 e. The number of thiophene rings is 1. The maximum atomic E-state index is 10.9. The van der Waals surface area contributed by atoms with Crippen LogP contribution in [0.2, 0.25) is 0 Å². The number of nitrogens with two attached hydrogens (primary N) is 1. The van der Waals surface area contributed by atoms with Crippen LogP contribution in [0.3, 0.4) is 0 Å². The van der Waals surface area contributed by atoms with Gasteiger partial charge in [0.1, 0.15) is 15.7 Å². The largest absolute Gasteiger partial charge is 0.369 e. The number of thioether (sulfide) groups is 1. The average Bonchev–Trinajstić information content (AvgIpc) is 2.60. The van der Waals surface area contributed by atoms with Gasteiger partial charge >= 0.3 is 0 Å². The molecule has 0 bridgehead atoms. The fraction of sp³-hybridized carbons (Fsp3) is 0.417. The third-order valence-electron chi connectivity index (χ3n) is 2.64. The predicted molar refractivity (Wildman–Crippen MR) is 76.2 cm³/mol. The molecule has 0 aliphatic heterocycles. The van der Waals surface area contributed by atoms with E-state index in [9.17, 15) is 4.79 Å².